The van der Waals surface area contributed by atoms with E-state index in [1.165, 1.54) is 0 Å². The van der Waals surface area contributed by atoms with Crippen molar-refractivity contribution in [2.75, 3.05) is 6.54 Å². The molecule has 0 aliphatic carbocycles. The minimum atomic E-state index is -3.31. The lowest BCUT2D eigenvalue weighted by atomic mass is 10.0. The first-order valence-corrected chi connectivity index (χ1v) is 7.51. The van der Waals surface area contributed by atoms with Crippen LogP contribution >= 0.6 is 0 Å². The maximum absolute atomic E-state index is 11.8. The molecule has 0 amide bonds. The van der Waals surface area contributed by atoms with E-state index in [0.717, 1.165) is 12.8 Å². The Kier molecular flexibility index (Phi) is 5.14. The fraction of sp³-hybridized carbons (Fsp3) is 0.727. The van der Waals surface area contributed by atoms with Gasteiger partial charge in [-0.15, -0.1) is 0 Å². The normalized spacial score (nSPS) is 12.2. The first-order chi connectivity index (χ1) is 7.96. The van der Waals surface area contributed by atoms with Crippen LogP contribution in [0.3, 0.4) is 0 Å². The van der Waals surface area contributed by atoms with E-state index in [1.54, 1.807) is 13.0 Å². The molecule has 0 unspecified atom stereocenters. The Balaban J connectivity index is 2.52. The molecule has 0 spiro atoms. The molecule has 0 aromatic carbocycles. The average Bonchev–Trinajstić information content (AvgIpc) is 2.64. The fourth-order valence-electron chi connectivity index (χ4n) is 1.55. The van der Waals surface area contributed by atoms with Crippen molar-refractivity contribution < 1.29 is 12.9 Å². The minimum absolute atomic E-state index is 0.121. The lowest BCUT2D eigenvalue weighted by molar-refractivity contribution is 0.392. The van der Waals surface area contributed by atoms with Crippen LogP contribution in [-0.4, -0.2) is 20.1 Å². The Bertz CT molecular complexity index is 435. The van der Waals surface area contributed by atoms with E-state index in [4.69, 9.17) is 4.52 Å². The number of hydrogen-bond donors (Lipinski definition) is 1. The smallest absolute Gasteiger partial charge is 0.217 e. The first kappa shape index (κ1) is 14.2. The molecule has 0 atom stereocenters. The van der Waals surface area contributed by atoms with Crippen molar-refractivity contribution in [1.29, 1.82) is 0 Å². The summed E-state index contributed by atoms with van der Waals surface area (Å²) in [7, 11) is -3.31. The molecule has 98 valence electrons. The van der Waals surface area contributed by atoms with Gasteiger partial charge >= 0.3 is 0 Å². The van der Waals surface area contributed by atoms with Gasteiger partial charge in [-0.05, 0) is 12.8 Å². The van der Waals surface area contributed by atoms with Crippen LogP contribution in [0.2, 0.25) is 0 Å². The van der Waals surface area contributed by atoms with Crippen LogP contribution in [0.4, 0.5) is 0 Å². The molecule has 0 fully saturated rings. The lowest BCUT2D eigenvalue weighted by Crippen LogP contribution is -2.30. The minimum Gasteiger partial charge on any atom is -0.361 e. The van der Waals surface area contributed by atoms with E-state index in [-0.39, 0.29) is 5.75 Å². The summed E-state index contributed by atoms with van der Waals surface area (Å²) < 4.78 is 31.0. The highest BCUT2D eigenvalue weighted by Gasteiger charge is 2.15. The zero-order chi connectivity index (χ0) is 12.9. The van der Waals surface area contributed by atoms with Gasteiger partial charge in [-0.2, -0.15) is 0 Å². The molecule has 1 heterocycles. The van der Waals surface area contributed by atoms with Gasteiger partial charge in [0.25, 0.3) is 0 Å². The van der Waals surface area contributed by atoms with E-state index in [0.29, 0.717) is 23.9 Å². The van der Waals surface area contributed by atoms with Crippen molar-refractivity contribution >= 4 is 10.0 Å². The third-order valence-electron chi connectivity index (χ3n) is 2.76. The van der Waals surface area contributed by atoms with E-state index in [2.05, 4.69) is 23.7 Å². The Morgan fingerprint density at radius 1 is 1.41 bits per heavy atom. The molecule has 1 N–H and O–H groups in total. The predicted octanol–water partition coefficient (Wildman–Crippen LogP) is 1.84. The van der Waals surface area contributed by atoms with Crippen molar-refractivity contribution in [3.8, 4) is 0 Å². The van der Waals surface area contributed by atoms with Crippen LogP contribution < -0.4 is 4.72 Å². The second-order valence-corrected chi connectivity index (χ2v) is 6.03. The van der Waals surface area contributed by atoms with Gasteiger partial charge in [-0.1, -0.05) is 31.8 Å². The summed E-state index contributed by atoms with van der Waals surface area (Å²) in [4.78, 5) is 0. The summed E-state index contributed by atoms with van der Waals surface area (Å²) in [5, 5.41) is 3.67. The lowest BCUT2D eigenvalue weighted by Gasteiger charge is -2.12. The molecule has 17 heavy (non-hydrogen) atoms. The summed E-state index contributed by atoms with van der Waals surface area (Å²) in [6.07, 6.45) is 1.95. The molecule has 1 aromatic heterocycles. The van der Waals surface area contributed by atoms with E-state index in [1.807, 2.05) is 0 Å². The van der Waals surface area contributed by atoms with Crippen molar-refractivity contribution in [3.05, 3.63) is 17.5 Å². The van der Waals surface area contributed by atoms with Crippen LogP contribution in [0.15, 0.2) is 10.6 Å². The summed E-state index contributed by atoms with van der Waals surface area (Å²) >= 11 is 0. The van der Waals surface area contributed by atoms with Gasteiger partial charge in [0.05, 0.1) is 0 Å². The maximum atomic E-state index is 11.8. The van der Waals surface area contributed by atoms with Gasteiger partial charge in [0.1, 0.15) is 17.2 Å². The largest absolute Gasteiger partial charge is 0.361 e. The van der Waals surface area contributed by atoms with Crippen LogP contribution in [0, 0.1) is 12.8 Å². The number of aromatic nitrogens is 1. The van der Waals surface area contributed by atoms with Crippen molar-refractivity contribution in [1.82, 2.24) is 9.88 Å². The van der Waals surface area contributed by atoms with Crippen LogP contribution in [-0.2, 0) is 15.8 Å². The van der Waals surface area contributed by atoms with E-state index < -0.39 is 10.0 Å². The molecular weight excluding hydrogens is 240 g/mol. The zero-order valence-corrected chi connectivity index (χ0v) is 11.4. The molecule has 1 aromatic rings. The molecule has 0 saturated carbocycles. The van der Waals surface area contributed by atoms with Crippen molar-refractivity contribution in [3.63, 3.8) is 0 Å². The highest BCUT2D eigenvalue weighted by atomic mass is 32.2. The molecule has 0 aliphatic rings. The highest BCUT2D eigenvalue weighted by Crippen LogP contribution is 2.08. The third kappa shape index (κ3) is 4.87. The SMILES string of the molecule is CCC(CC)CNS(=O)(=O)Cc1cc(C)on1. The molecule has 5 nitrogen and oxygen atoms in total. The number of nitrogens with zero attached hydrogens (tertiary/aromatic N) is 1. The van der Waals surface area contributed by atoms with Gasteiger partial charge < -0.3 is 4.52 Å². The average molecular weight is 260 g/mol. The van der Waals surface area contributed by atoms with E-state index >= 15 is 0 Å². The fourth-order valence-corrected chi connectivity index (χ4v) is 2.67. The zero-order valence-electron chi connectivity index (χ0n) is 10.6. The molecule has 0 saturated heterocycles. The molecule has 1 rings (SSSR count). The first-order valence-electron chi connectivity index (χ1n) is 5.86. The van der Waals surface area contributed by atoms with Crippen LogP contribution in [0.5, 0.6) is 0 Å². The van der Waals surface area contributed by atoms with Gasteiger partial charge in [-0.3, -0.25) is 0 Å². The quantitative estimate of drug-likeness (QED) is 0.812. The highest BCUT2D eigenvalue weighted by molar-refractivity contribution is 7.88. The standard InChI is InChI=1S/C11H20N2O3S/c1-4-10(5-2)7-12-17(14,15)8-11-6-9(3)16-13-11/h6,10,12H,4-5,7-8H2,1-3H3. The van der Waals surface area contributed by atoms with Gasteiger partial charge in [0.15, 0.2) is 0 Å². The summed E-state index contributed by atoms with van der Waals surface area (Å²) in [5.74, 6) is 0.892. The molecule has 6 heteroatoms. The van der Waals surface area contributed by atoms with Crippen molar-refractivity contribution in [2.45, 2.75) is 39.4 Å². The predicted molar refractivity (Wildman–Crippen MR) is 65.9 cm³/mol. The maximum Gasteiger partial charge on any atom is 0.217 e. The Morgan fingerprint density at radius 2 is 2.06 bits per heavy atom. The van der Waals surface area contributed by atoms with Gasteiger partial charge in [0.2, 0.25) is 10.0 Å². The topological polar surface area (TPSA) is 72.2 Å². The Hall–Kier alpha value is -0.880. The molecule has 0 aliphatic heterocycles. The van der Waals surface area contributed by atoms with Gasteiger partial charge in [-0.25, -0.2) is 13.1 Å². The number of hydrogen-bond acceptors (Lipinski definition) is 4. The monoisotopic (exact) mass is 260 g/mol. The summed E-state index contributed by atoms with van der Waals surface area (Å²) in [5.41, 5.74) is 0.444. The number of rotatable bonds is 7. The second kappa shape index (κ2) is 6.16. The summed E-state index contributed by atoms with van der Waals surface area (Å²) in [6.45, 7) is 6.35. The van der Waals surface area contributed by atoms with E-state index in [9.17, 15) is 8.42 Å². The molecular formula is C11H20N2O3S. The van der Waals surface area contributed by atoms with Crippen LogP contribution in [0.25, 0.3) is 0 Å². The van der Waals surface area contributed by atoms with Crippen LogP contribution in [0.1, 0.15) is 38.1 Å². The number of nitrogens with one attached hydrogen (secondary N) is 1. The Morgan fingerprint density at radius 3 is 2.53 bits per heavy atom. The Labute approximate surface area is 103 Å². The summed E-state index contributed by atoms with van der Waals surface area (Å²) in [6, 6.07) is 1.64. The van der Waals surface area contributed by atoms with Crippen molar-refractivity contribution in [2.24, 2.45) is 5.92 Å². The third-order valence-corrected chi connectivity index (χ3v) is 4.04. The number of aryl methyl sites for hydroxylation is 1. The molecule has 0 radical (unpaired) electrons. The second-order valence-electron chi connectivity index (χ2n) is 4.22. The number of sulfonamides is 1. The molecule has 0 bridgehead atoms. The van der Waals surface area contributed by atoms with Gasteiger partial charge in [0, 0.05) is 12.6 Å².